The minimum Gasteiger partial charge on any atom is -0.492 e. The van der Waals surface area contributed by atoms with Gasteiger partial charge in [0, 0.05) is 19.6 Å². The molecule has 0 unspecified atom stereocenters. The zero-order chi connectivity index (χ0) is 14.4. The molecule has 1 heterocycles. The Balaban J connectivity index is 1.69. The van der Waals surface area contributed by atoms with E-state index in [1.54, 1.807) is 6.07 Å². The van der Waals surface area contributed by atoms with Gasteiger partial charge >= 0.3 is 0 Å². The van der Waals surface area contributed by atoms with Crippen LogP contribution in [0, 0.1) is 11.3 Å². The van der Waals surface area contributed by atoms with Crippen molar-refractivity contribution in [2.45, 2.75) is 31.8 Å². The Morgan fingerprint density at radius 3 is 2.75 bits per heavy atom. The van der Waals surface area contributed by atoms with E-state index in [2.05, 4.69) is 11.0 Å². The lowest BCUT2D eigenvalue weighted by atomic mass is 9.94. The van der Waals surface area contributed by atoms with Gasteiger partial charge in [-0.05, 0) is 38.3 Å². The number of piperidine rings is 1. The molecule has 0 aromatic heterocycles. The molecule has 0 radical (unpaired) electrons. The highest BCUT2D eigenvalue weighted by molar-refractivity contribution is 5.42. The quantitative estimate of drug-likeness (QED) is 0.836. The number of hydrogen-bond acceptors (Lipinski definition) is 4. The van der Waals surface area contributed by atoms with Crippen molar-refractivity contribution in [3.05, 3.63) is 29.8 Å². The maximum atomic E-state index is 9.89. The fraction of sp³-hybridized carbons (Fsp3) is 0.562. The lowest BCUT2D eigenvalue weighted by Crippen LogP contribution is -2.42. The van der Waals surface area contributed by atoms with Gasteiger partial charge < -0.3 is 14.7 Å². The second kappa shape index (κ2) is 6.74. The fourth-order valence-electron chi connectivity index (χ4n) is 2.41. The van der Waals surface area contributed by atoms with E-state index in [0.717, 1.165) is 38.9 Å². The lowest BCUT2D eigenvalue weighted by molar-refractivity contribution is -0.00603. The third-order valence-electron chi connectivity index (χ3n) is 3.82. The highest BCUT2D eigenvalue weighted by atomic mass is 16.5. The first-order valence-electron chi connectivity index (χ1n) is 7.17. The largest absolute Gasteiger partial charge is 0.492 e. The van der Waals surface area contributed by atoms with E-state index < -0.39 is 5.60 Å². The van der Waals surface area contributed by atoms with Gasteiger partial charge in [0.25, 0.3) is 0 Å². The van der Waals surface area contributed by atoms with E-state index >= 15 is 0 Å². The molecule has 1 N–H and O–H groups in total. The molecule has 0 spiro atoms. The number of likely N-dealkylation sites (tertiary alicyclic amines) is 1. The summed E-state index contributed by atoms with van der Waals surface area (Å²) >= 11 is 0. The maximum absolute atomic E-state index is 9.89. The van der Waals surface area contributed by atoms with Gasteiger partial charge in [-0.2, -0.15) is 5.26 Å². The normalized spacial score (nSPS) is 18.4. The van der Waals surface area contributed by atoms with Gasteiger partial charge in [0.1, 0.15) is 11.8 Å². The number of nitriles is 1. The Morgan fingerprint density at radius 1 is 1.35 bits per heavy atom. The van der Waals surface area contributed by atoms with Crippen LogP contribution < -0.4 is 4.74 Å². The molecule has 0 amide bonds. The predicted octanol–water partition coefficient (Wildman–Crippen LogP) is 2.17. The SMILES string of the molecule is CC1(O)CCN(CCCOc2ccccc2C#N)CC1. The van der Waals surface area contributed by atoms with Crippen molar-refractivity contribution in [3.8, 4) is 11.8 Å². The standard InChI is InChI=1S/C16H22N2O2/c1-16(19)7-10-18(11-8-16)9-4-12-20-15-6-3-2-5-14(15)13-17/h2-3,5-6,19H,4,7-12H2,1H3. The average Bonchev–Trinajstić information content (AvgIpc) is 2.45. The molecule has 1 aromatic carbocycles. The van der Waals surface area contributed by atoms with Crippen LogP contribution in [0.5, 0.6) is 5.75 Å². The zero-order valence-electron chi connectivity index (χ0n) is 12.0. The first kappa shape index (κ1) is 14.8. The van der Waals surface area contributed by atoms with Crippen LogP contribution in [0.3, 0.4) is 0 Å². The molecule has 1 aromatic rings. The number of ether oxygens (including phenoxy) is 1. The molecule has 4 heteroatoms. The Morgan fingerprint density at radius 2 is 2.05 bits per heavy atom. The molecule has 1 fully saturated rings. The van der Waals surface area contributed by atoms with E-state index in [1.807, 2.05) is 25.1 Å². The van der Waals surface area contributed by atoms with Crippen LogP contribution in [0.1, 0.15) is 31.7 Å². The molecule has 1 aliphatic heterocycles. The van der Waals surface area contributed by atoms with Crippen LogP contribution in [0.15, 0.2) is 24.3 Å². The summed E-state index contributed by atoms with van der Waals surface area (Å²) in [5, 5.41) is 18.9. The summed E-state index contributed by atoms with van der Waals surface area (Å²) in [6.45, 7) is 5.40. The molecule has 4 nitrogen and oxygen atoms in total. The molecule has 0 saturated carbocycles. The van der Waals surface area contributed by atoms with Crippen LogP contribution in [-0.2, 0) is 0 Å². The Hall–Kier alpha value is -1.57. The van der Waals surface area contributed by atoms with Crippen molar-refractivity contribution < 1.29 is 9.84 Å². The van der Waals surface area contributed by atoms with E-state index in [0.29, 0.717) is 17.9 Å². The summed E-state index contributed by atoms with van der Waals surface area (Å²) in [4.78, 5) is 2.36. The molecule has 108 valence electrons. The monoisotopic (exact) mass is 274 g/mol. The second-order valence-corrected chi connectivity index (χ2v) is 5.65. The minimum atomic E-state index is -0.487. The summed E-state index contributed by atoms with van der Waals surface area (Å²) in [5.74, 6) is 0.663. The number of aliphatic hydroxyl groups is 1. The maximum Gasteiger partial charge on any atom is 0.137 e. The fourth-order valence-corrected chi connectivity index (χ4v) is 2.41. The van der Waals surface area contributed by atoms with Crippen LogP contribution in [0.4, 0.5) is 0 Å². The van der Waals surface area contributed by atoms with Crippen LogP contribution >= 0.6 is 0 Å². The summed E-state index contributed by atoms with van der Waals surface area (Å²) in [6, 6.07) is 9.44. The van der Waals surface area contributed by atoms with Gasteiger partial charge in [0.15, 0.2) is 0 Å². The molecule has 20 heavy (non-hydrogen) atoms. The highest BCUT2D eigenvalue weighted by Crippen LogP contribution is 2.21. The number of para-hydroxylation sites is 1. The number of hydrogen-bond donors (Lipinski definition) is 1. The number of rotatable bonds is 5. The Kier molecular flexibility index (Phi) is 4.99. The molecule has 0 bridgehead atoms. The molecule has 2 rings (SSSR count). The topological polar surface area (TPSA) is 56.5 Å². The minimum absolute atomic E-state index is 0.487. The Labute approximate surface area is 120 Å². The number of nitrogens with zero attached hydrogens (tertiary/aromatic N) is 2. The molecular weight excluding hydrogens is 252 g/mol. The van der Waals surface area contributed by atoms with E-state index in [1.165, 1.54) is 0 Å². The van der Waals surface area contributed by atoms with Gasteiger partial charge in [-0.1, -0.05) is 12.1 Å². The van der Waals surface area contributed by atoms with Crippen LogP contribution in [-0.4, -0.2) is 41.8 Å². The molecule has 1 aliphatic rings. The van der Waals surface area contributed by atoms with E-state index in [9.17, 15) is 5.11 Å². The summed E-state index contributed by atoms with van der Waals surface area (Å²) in [7, 11) is 0. The summed E-state index contributed by atoms with van der Waals surface area (Å²) in [5.41, 5.74) is 0.0974. The third kappa shape index (κ3) is 4.22. The smallest absolute Gasteiger partial charge is 0.137 e. The van der Waals surface area contributed by atoms with Crippen LogP contribution in [0.25, 0.3) is 0 Å². The zero-order valence-corrected chi connectivity index (χ0v) is 12.0. The van der Waals surface area contributed by atoms with Crippen molar-refractivity contribution in [2.75, 3.05) is 26.2 Å². The average molecular weight is 274 g/mol. The highest BCUT2D eigenvalue weighted by Gasteiger charge is 2.26. The van der Waals surface area contributed by atoms with Crippen molar-refractivity contribution >= 4 is 0 Å². The van der Waals surface area contributed by atoms with Crippen LogP contribution in [0.2, 0.25) is 0 Å². The lowest BCUT2D eigenvalue weighted by Gasteiger charge is -2.35. The molecule has 1 saturated heterocycles. The second-order valence-electron chi connectivity index (χ2n) is 5.65. The van der Waals surface area contributed by atoms with Crippen molar-refractivity contribution in [3.63, 3.8) is 0 Å². The number of benzene rings is 1. The third-order valence-corrected chi connectivity index (χ3v) is 3.82. The van der Waals surface area contributed by atoms with Crippen molar-refractivity contribution in [1.82, 2.24) is 4.90 Å². The molecular formula is C16H22N2O2. The van der Waals surface area contributed by atoms with Gasteiger partial charge in [-0.15, -0.1) is 0 Å². The van der Waals surface area contributed by atoms with Crippen molar-refractivity contribution in [2.24, 2.45) is 0 Å². The van der Waals surface area contributed by atoms with E-state index in [4.69, 9.17) is 10.00 Å². The van der Waals surface area contributed by atoms with Gasteiger partial charge in [-0.3, -0.25) is 0 Å². The first-order chi connectivity index (χ1) is 9.61. The molecule has 0 aliphatic carbocycles. The van der Waals surface area contributed by atoms with Gasteiger partial charge in [-0.25, -0.2) is 0 Å². The van der Waals surface area contributed by atoms with E-state index in [-0.39, 0.29) is 0 Å². The molecule has 0 atom stereocenters. The van der Waals surface area contributed by atoms with Gasteiger partial charge in [0.2, 0.25) is 0 Å². The summed E-state index contributed by atoms with van der Waals surface area (Å²) in [6.07, 6.45) is 2.61. The summed E-state index contributed by atoms with van der Waals surface area (Å²) < 4.78 is 5.66. The predicted molar refractivity (Wildman–Crippen MR) is 77.6 cm³/mol. The first-order valence-corrected chi connectivity index (χ1v) is 7.17. The Bertz CT molecular complexity index is 470. The van der Waals surface area contributed by atoms with Crippen molar-refractivity contribution in [1.29, 1.82) is 5.26 Å². The van der Waals surface area contributed by atoms with Gasteiger partial charge in [0.05, 0.1) is 17.8 Å².